The number of fused-ring (bicyclic) bond motifs is 1. The van der Waals surface area contributed by atoms with Crippen LogP contribution in [-0.2, 0) is 19.4 Å². The maximum absolute atomic E-state index is 5.34. The molecule has 0 amide bonds. The third-order valence-corrected chi connectivity index (χ3v) is 5.42. The monoisotopic (exact) mass is 326 g/mol. The summed E-state index contributed by atoms with van der Waals surface area (Å²) in [6.07, 6.45) is 5.83. The van der Waals surface area contributed by atoms with E-state index in [4.69, 9.17) is 4.52 Å². The summed E-state index contributed by atoms with van der Waals surface area (Å²) in [6.45, 7) is 2.71. The highest BCUT2D eigenvalue weighted by atomic mass is 16.5. The number of nitrogens with zero attached hydrogens (tertiary/aromatic N) is 6. The Morgan fingerprint density at radius 1 is 1.25 bits per heavy atom. The summed E-state index contributed by atoms with van der Waals surface area (Å²) in [5.74, 6) is 3.17. The Morgan fingerprint density at radius 2 is 2.12 bits per heavy atom. The van der Waals surface area contributed by atoms with Gasteiger partial charge in [0, 0.05) is 25.0 Å². The van der Waals surface area contributed by atoms with E-state index < -0.39 is 0 Å². The van der Waals surface area contributed by atoms with Crippen LogP contribution < -0.4 is 4.90 Å². The molecule has 2 fully saturated rings. The topological polar surface area (TPSA) is 71.2 Å². The van der Waals surface area contributed by atoms with Crippen molar-refractivity contribution in [2.24, 2.45) is 0 Å². The van der Waals surface area contributed by atoms with Crippen LogP contribution in [0, 0.1) is 0 Å². The molecule has 0 radical (unpaired) electrons. The fourth-order valence-corrected chi connectivity index (χ4v) is 3.57. The van der Waals surface area contributed by atoms with Gasteiger partial charge in [-0.15, -0.1) is 5.10 Å². The molecule has 7 nitrogen and oxygen atoms in total. The molecular formula is C17H22N6O. The number of likely N-dealkylation sites (N-methyl/N-ethyl adjacent to an activating group) is 1. The number of aromatic nitrogens is 4. The lowest BCUT2D eigenvalue weighted by molar-refractivity contribution is 0.190. The molecular weight excluding hydrogens is 304 g/mol. The zero-order valence-corrected chi connectivity index (χ0v) is 14.0. The minimum atomic E-state index is 0.503. The van der Waals surface area contributed by atoms with Gasteiger partial charge < -0.3 is 9.42 Å². The molecule has 24 heavy (non-hydrogen) atoms. The van der Waals surface area contributed by atoms with E-state index in [0.29, 0.717) is 12.0 Å². The van der Waals surface area contributed by atoms with Gasteiger partial charge in [0.1, 0.15) is 0 Å². The van der Waals surface area contributed by atoms with E-state index in [-0.39, 0.29) is 0 Å². The van der Waals surface area contributed by atoms with Gasteiger partial charge in [-0.2, -0.15) is 10.1 Å². The molecule has 3 heterocycles. The molecule has 0 atom stereocenters. The van der Waals surface area contributed by atoms with Gasteiger partial charge in [-0.1, -0.05) is 5.16 Å². The van der Waals surface area contributed by atoms with E-state index in [1.54, 1.807) is 0 Å². The van der Waals surface area contributed by atoms with Crippen molar-refractivity contribution < 1.29 is 4.52 Å². The minimum absolute atomic E-state index is 0.503. The summed E-state index contributed by atoms with van der Waals surface area (Å²) in [4.78, 5) is 9.12. The van der Waals surface area contributed by atoms with E-state index in [1.807, 2.05) is 0 Å². The second kappa shape index (κ2) is 5.51. The molecule has 1 aliphatic heterocycles. The molecule has 7 heteroatoms. The van der Waals surface area contributed by atoms with Crippen LogP contribution in [0.15, 0.2) is 10.6 Å². The third-order valence-electron chi connectivity index (χ3n) is 5.42. The van der Waals surface area contributed by atoms with Crippen molar-refractivity contribution in [3.8, 4) is 0 Å². The SMILES string of the molecule is CN(Cc1noc(C2CC2)n1)C1CN(c2cc3c(nn2)CCC3)C1. The first-order chi connectivity index (χ1) is 11.8. The van der Waals surface area contributed by atoms with Gasteiger partial charge in [0.05, 0.1) is 12.2 Å². The smallest absolute Gasteiger partial charge is 0.229 e. The lowest BCUT2D eigenvalue weighted by Gasteiger charge is -2.44. The van der Waals surface area contributed by atoms with Gasteiger partial charge in [-0.3, -0.25) is 4.90 Å². The standard InChI is InChI=1S/C17H22N6O/c1-22(10-15-18-17(24-21-15)11-5-6-11)13-8-23(9-13)16-7-12-3-2-4-14(12)19-20-16/h7,11,13H,2-6,8-10H2,1H3. The van der Waals surface area contributed by atoms with E-state index in [2.05, 4.69) is 43.3 Å². The fourth-order valence-electron chi connectivity index (χ4n) is 3.57. The number of rotatable bonds is 5. The number of hydrogen-bond acceptors (Lipinski definition) is 7. The predicted octanol–water partition coefficient (Wildman–Crippen LogP) is 1.55. The molecule has 2 aromatic rings. The third kappa shape index (κ3) is 2.56. The molecule has 0 aromatic carbocycles. The Hall–Kier alpha value is -2.02. The second-order valence-corrected chi connectivity index (χ2v) is 7.33. The van der Waals surface area contributed by atoms with Crippen LogP contribution >= 0.6 is 0 Å². The Kier molecular flexibility index (Phi) is 3.29. The van der Waals surface area contributed by atoms with Crippen molar-refractivity contribution in [1.82, 2.24) is 25.2 Å². The summed E-state index contributed by atoms with van der Waals surface area (Å²) in [7, 11) is 2.13. The van der Waals surface area contributed by atoms with Crippen molar-refractivity contribution in [1.29, 1.82) is 0 Å². The van der Waals surface area contributed by atoms with E-state index >= 15 is 0 Å². The summed E-state index contributed by atoms with van der Waals surface area (Å²) in [5.41, 5.74) is 2.58. The average molecular weight is 326 g/mol. The zero-order valence-electron chi connectivity index (χ0n) is 14.0. The lowest BCUT2D eigenvalue weighted by atomic mass is 10.1. The molecule has 1 saturated heterocycles. The van der Waals surface area contributed by atoms with Crippen LogP contribution in [-0.4, -0.2) is 51.4 Å². The Balaban J connectivity index is 1.18. The van der Waals surface area contributed by atoms with Crippen molar-refractivity contribution in [2.45, 2.75) is 50.6 Å². The Morgan fingerprint density at radius 3 is 2.96 bits per heavy atom. The Labute approximate surface area is 141 Å². The molecule has 0 unspecified atom stereocenters. The quantitative estimate of drug-likeness (QED) is 0.825. The van der Waals surface area contributed by atoms with Crippen molar-refractivity contribution in [3.63, 3.8) is 0 Å². The fraction of sp³-hybridized carbons (Fsp3) is 0.647. The highest BCUT2D eigenvalue weighted by Gasteiger charge is 2.33. The van der Waals surface area contributed by atoms with Crippen molar-refractivity contribution >= 4 is 5.82 Å². The number of hydrogen-bond donors (Lipinski definition) is 0. The number of anilines is 1. The van der Waals surface area contributed by atoms with Crippen LogP contribution in [0.3, 0.4) is 0 Å². The summed E-state index contributed by atoms with van der Waals surface area (Å²) >= 11 is 0. The number of aryl methyl sites for hydroxylation is 2. The highest BCUT2D eigenvalue weighted by molar-refractivity contribution is 5.45. The summed E-state index contributed by atoms with van der Waals surface area (Å²) in [6, 6.07) is 2.73. The van der Waals surface area contributed by atoms with Gasteiger partial charge in [0.15, 0.2) is 11.6 Å². The molecule has 0 bridgehead atoms. The molecule has 5 rings (SSSR count). The second-order valence-electron chi connectivity index (χ2n) is 7.33. The first kappa shape index (κ1) is 14.3. The van der Waals surface area contributed by atoms with E-state index in [9.17, 15) is 0 Å². The molecule has 126 valence electrons. The summed E-state index contributed by atoms with van der Waals surface area (Å²) in [5, 5.41) is 12.9. The highest BCUT2D eigenvalue weighted by Crippen LogP contribution is 2.38. The molecule has 1 saturated carbocycles. The van der Waals surface area contributed by atoms with Crippen LogP contribution in [0.4, 0.5) is 5.82 Å². The molecule has 2 aliphatic carbocycles. The minimum Gasteiger partial charge on any atom is -0.352 e. The maximum atomic E-state index is 5.34. The molecule has 3 aliphatic rings. The van der Waals surface area contributed by atoms with Gasteiger partial charge >= 0.3 is 0 Å². The molecule has 2 aromatic heterocycles. The van der Waals surface area contributed by atoms with Gasteiger partial charge in [-0.25, -0.2) is 0 Å². The van der Waals surface area contributed by atoms with Crippen LogP contribution in [0.2, 0.25) is 0 Å². The summed E-state index contributed by atoms with van der Waals surface area (Å²) < 4.78 is 5.34. The maximum Gasteiger partial charge on any atom is 0.229 e. The van der Waals surface area contributed by atoms with Gasteiger partial charge in [0.2, 0.25) is 5.89 Å². The van der Waals surface area contributed by atoms with Crippen molar-refractivity contribution in [2.75, 3.05) is 25.0 Å². The zero-order chi connectivity index (χ0) is 16.1. The van der Waals surface area contributed by atoms with Crippen molar-refractivity contribution in [3.05, 3.63) is 29.0 Å². The first-order valence-corrected chi connectivity index (χ1v) is 8.89. The lowest BCUT2D eigenvalue weighted by Crippen LogP contribution is -2.58. The Bertz CT molecular complexity index is 749. The van der Waals surface area contributed by atoms with Crippen LogP contribution in [0.5, 0.6) is 0 Å². The van der Waals surface area contributed by atoms with Gasteiger partial charge in [-0.05, 0) is 50.8 Å². The predicted molar refractivity (Wildman–Crippen MR) is 87.8 cm³/mol. The average Bonchev–Trinajstić information content (AvgIpc) is 3.09. The first-order valence-electron chi connectivity index (χ1n) is 8.89. The molecule has 0 spiro atoms. The largest absolute Gasteiger partial charge is 0.352 e. The van der Waals surface area contributed by atoms with E-state index in [0.717, 1.165) is 50.0 Å². The van der Waals surface area contributed by atoms with Crippen LogP contribution in [0.25, 0.3) is 0 Å². The molecule has 0 N–H and O–H groups in total. The van der Waals surface area contributed by atoms with Gasteiger partial charge in [0.25, 0.3) is 0 Å². The van der Waals surface area contributed by atoms with E-state index in [1.165, 1.54) is 30.5 Å². The van der Waals surface area contributed by atoms with Crippen LogP contribution in [0.1, 0.15) is 48.2 Å². The normalized spacial score (nSPS) is 20.5.